The number of amides is 1. The third-order valence-corrected chi connectivity index (χ3v) is 2.46. The van der Waals surface area contributed by atoms with Gasteiger partial charge in [-0.1, -0.05) is 17.7 Å². The molecule has 0 spiro atoms. The molecule has 0 saturated carbocycles. The van der Waals surface area contributed by atoms with E-state index in [1.54, 1.807) is 0 Å². The van der Waals surface area contributed by atoms with Crippen LogP contribution >= 0.6 is 11.6 Å². The molecule has 20 heavy (non-hydrogen) atoms. The van der Waals surface area contributed by atoms with Gasteiger partial charge in [-0.15, -0.1) is 0 Å². The quantitative estimate of drug-likeness (QED) is 0.679. The average molecular weight is 295 g/mol. The van der Waals surface area contributed by atoms with E-state index in [-0.39, 0.29) is 28.2 Å². The molecule has 1 amide bonds. The average Bonchev–Trinajstić information content (AvgIpc) is 2.38. The molecule has 2 aromatic rings. The summed E-state index contributed by atoms with van der Waals surface area (Å²) >= 11 is 5.71. The van der Waals surface area contributed by atoms with Gasteiger partial charge in [0, 0.05) is 6.07 Å². The van der Waals surface area contributed by atoms with E-state index < -0.39 is 10.8 Å². The van der Waals surface area contributed by atoms with Gasteiger partial charge in [-0.05, 0) is 6.07 Å². The summed E-state index contributed by atoms with van der Waals surface area (Å²) < 4.78 is 5.27. The Morgan fingerprint density at radius 2 is 2.20 bits per heavy atom. The molecule has 1 aromatic heterocycles. The number of rotatable bonds is 4. The van der Waals surface area contributed by atoms with Crippen molar-refractivity contribution >= 4 is 23.2 Å². The van der Waals surface area contributed by atoms with Crippen LogP contribution in [0.2, 0.25) is 5.15 Å². The molecule has 8 nitrogen and oxygen atoms in total. The number of nitro benzene ring substituents is 1. The number of halogens is 1. The summed E-state index contributed by atoms with van der Waals surface area (Å²) in [5.41, 5.74) is 4.72. The number of non-ortho nitro benzene ring substituents is 1. The first-order valence-corrected chi connectivity index (χ1v) is 5.60. The predicted molar refractivity (Wildman–Crippen MR) is 68.7 cm³/mol. The van der Waals surface area contributed by atoms with Crippen molar-refractivity contribution in [3.05, 3.63) is 51.4 Å². The molecule has 0 aliphatic carbocycles. The lowest BCUT2D eigenvalue weighted by atomic mass is 10.3. The third kappa shape index (κ3) is 2.98. The van der Waals surface area contributed by atoms with Crippen LogP contribution in [0, 0.1) is 10.1 Å². The van der Waals surface area contributed by atoms with Crippen molar-refractivity contribution in [2.75, 3.05) is 0 Å². The molecule has 0 bridgehead atoms. The molecule has 0 aliphatic heterocycles. The van der Waals surface area contributed by atoms with E-state index in [9.17, 15) is 14.9 Å². The van der Waals surface area contributed by atoms with E-state index in [1.165, 1.54) is 24.3 Å². The second kappa shape index (κ2) is 5.49. The number of ether oxygens (including phenoxy) is 1. The van der Waals surface area contributed by atoms with Gasteiger partial charge < -0.3 is 10.5 Å². The van der Waals surface area contributed by atoms with Gasteiger partial charge in [0.1, 0.15) is 5.75 Å². The van der Waals surface area contributed by atoms with E-state index in [4.69, 9.17) is 22.1 Å². The van der Waals surface area contributed by atoms with Gasteiger partial charge in [0.05, 0.1) is 17.2 Å². The molecule has 1 aromatic carbocycles. The second-order valence-electron chi connectivity index (χ2n) is 3.57. The maximum atomic E-state index is 10.9. The highest BCUT2D eigenvalue weighted by Gasteiger charge is 2.12. The summed E-state index contributed by atoms with van der Waals surface area (Å²) in [4.78, 5) is 28.5. The van der Waals surface area contributed by atoms with Gasteiger partial charge in [-0.2, -0.15) is 4.98 Å². The van der Waals surface area contributed by atoms with Crippen LogP contribution in [0.25, 0.3) is 0 Å². The number of nitrogens with zero attached hydrogens (tertiary/aromatic N) is 3. The molecule has 0 radical (unpaired) electrons. The molecule has 1 heterocycles. The molecular weight excluding hydrogens is 288 g/mol. The van der Waals surface area contributed by atoms with Crippen molar-refractivity contribution in [2.24, 2.45) is 5.73 Å². The van der Waals surface area contributed by atoms with E-state index >= 15 is 0 Å². The highest BCUT2D eigenvalue weighted by atomic mass is 35.5. The Balaban J connectivity index is 2.26. The van der Waals surface area contributed by atoms with Crippen LogP contribution in [0.1, 0.15) is 10.5 Å². The summed E-state index contributed by atoms with van der Waals surface area (Å²) in [5, 5.41) is 10.4. The third-order valence-electron chi connectivity index (χ3n) is 2.19. The van der Waals surface area contributed by atoms with Crippen molar-refractivity contribution < 1.29 is 14.5 Å². The fraction of sp³-hybridized carbons (Fsp3) is 0. The Morgan fingerprint density at radius 1 is 1.45 bits per heavy atom. The van der Waals surface area contributed by atoms with Crippen molar-refractivity contribution in [3.63, 3.8) is 0 Å². The topological polar surface area (TPSA) is 121 Å². The summed E-state index contributed by atoms with van der Waals surface area (Å²) in [5.74, 6) is -0.638. The van der Waals surface area contributed by atoms with Crippen LogP contribution in [0.5, 0.6) is 11.6 Å². The maximum absolute atomic E-state index is 10.9. The highest BCUT2D eigenvalue weighted by molar-refractivity contribution is 6.32. The van der Waals surface area contributed by atoms with Crippen molar-refractivity contribution in [3.8, 4) is 11.6 Å². The molecule has 0 saturated heterocycles. The first kappa shape index (κ1) is 13.7. The lowest BCUT2D eigenvalue weighted by Gasteiger charge is -2.05. The van der Waals surface area contributed by atoms with E-state index in [2.05, 4.69) is 9.97 Å². The molecule has 102 valence electrons. The zero-order valence-corrected chi connectivity index (χ0v) is 10.6. The number of carbonyl (C=O) groups is 1. The van der Waals surface area contributed by atoms with Crippen LogP contribution in [-0.4, -0.2) is 20.8 Å². The lowest BCUT2D eigenvalue weighted by Crippen LogP contribution is -2.14. The molecule has 0 aliphatic rings. The summed E-state index contributed by atoms with van der Waals surface area (Å²) in [7, 11) is 0. The van der Waals surface area contributed by atoms with E-state index in [1.807, 2.05) is 0 Å². The summed E-state index contributed by atoms with van der Waals surface area (Å²) in [6, 6.07) is 5.50. The minimum atomic E-state index is -0.815. The Morgan fingerprint density at radius 3 is 2.80 bits per heavy atom. The molecule has 2 N–H and O–H groups in total. The number of nitrogens with two attached hydrogens (primary N) is 1. The van der Waals surface area contributed by atoms with Crippen LogP contribution in [0.3, 0.4) is 0 Å². The molecule has 2 rings (SSSR count). The fourth-order valence-electron chi connectivity index (χ4n) is 1.35. The Hall–Kier alpha value is -2.74. The number of primary amides is 1. The van der Waals surface area contributed by atoms with Gasteiger partial charge in [0.2, 0.25) is 5.88 Å². The largest absolute Gasteiger partial charge is 0.437 e. The number of nitro groups is 1. The zero-order chi connectivity index (χ0) is 14.7. The highest BCUT2D eigenvalue weighted by Crippen LogP contribution is 2.24. The van der Waals surface area contributed by atoms with Gasteiger partial charge in [-0.3, -0.25) is 14.9 Å². The zero-order valence-electron chi connectivity index (χ0n) is 9.82. The normalized spacial score (nSPS) is 10.1. The van der Waals surface area contributed by atoms with Crippen molar-refractivity contribution in [1.29, 1.82) is 0 Å². The number of carbonyl (C=O) groups excluding carboxylic acids is 1. The SMILES string of the molecule is NC(=O)c1ncc(Oc2cccc([N+](=O)[O-])c2)nc1Cl. The molecule has 0 fully saturated rings. The summed E-state index contributed by atoms with van der Waals surface area (Å²) in [6.07, 6.45) is 1.14. The van der Waals surface area contributed by atoms with Crippen molar-refractivity contribution in [1.82, 2.24) is 9.97 Å². The smallest absolute Gasteiger partial charge is 0.273 e. The minimum Gasteiger partial charge on any atom is -0.437 e. The first-order valence-electron chi connectivity index (χ1n) is 5.22. The van der Waals surface area contributed by atoms with Crippen LogP contribution in [-0.2, 0) is 0 Å². The molecule has 0 unspecified atom stereocenters. The molecular formula is C11H7ClN4O4. The number of benzene rings is 1. The van der Waals surface area contributed by atoms with Crippen LogP contribution < -0.4 is 10.5 Å². The van der Waals surface area contributed by atoms with E-state index in [0.29, 0.717) is 0 Å². The number of hydrogen-bond donors (Lipinski definition) is 1. The van der Waals surface area contributed by atoms with Crippen molar-refractivity contribution in [2.45, 2.75) is 0 Å². The van der Waals surface area contributed by atoms with Gasteiger partial charge >= 0.3 is 0 Å². The Labute approximate surface area is 117 Å². The lowest BCUT2D eigenvalue weighted by molar-refractivity contribution is -0.384. The van der Waals surface area contributed by atoms with Gasteiger partial charge in [0.25, 0.3) is 11.6 Å². The Bertz CT molecular complexity index is 692. The monoisotopic (exact) mass is 294 g/mol. The maximum Gasteiger partial charge on any atom is 0.273 e. The first-order chi connectivity index (χ1) is 9.47. The predicted octanol–water partition coefficient (Wildman–Crippen LogP) is 1.93. The number of hydrogen-bond acceptors (Lipinski definition) is 6. The van der Waals surface area contributed by atoms with E-state index in [0.717, 1.165) is 6.20 Å². The van der Waals surface area contributed by atoms with Crippen LogP contribution in [0.4, 0.5) is 5.69 Å². The second-order valence-corrected chi connectivity index (χ2v) is 3.93. The molecule has 9 heteroatoms. The number of aromatic nitrogens is 2. The van der Waals surface area contributed by atoms with Gasteiger partial charge in [0.15, 0.2) is 10.8 Å². The fourth-order valence-corrected chi connectivity index (χ4v) is 1.57. The summed E-state index contributed by atoms with van der Waals surface area (Å²) in [6.45, 7) is 0. The molecule has 0 atom stereocenters. The van der Waals surface area contributed by atoms with Crippen LogP contribution in [0.15, 0.2) is 30.5 Å². The van der Waals surface area contributed by atoms with Gasteiger partial charge in [-0.25, -0.2) is 4.98 Å². The standard InChI is InChI=1S/C11H7ClN4O4/c12-10-9(11(13)17)14-5-8(15-10)20-7-3-1-2-6(4-7)16(18)19/h1-5H,(H2,13,17). The Kier molecular flexibility index (Phi) is 3.76. The minimum absolute atomic E-state index is 0.0134.